The number of hydrogen-bond donors (Lipinski definition) is 0. The maximum Gasteiger partial charge on any atom is 0.254 e. The van der Waals surface area contributed by atoms with Crippen LogP contribution in [0.15, 0.2) is 53.9 Å². The zero-order valence-electron chi connectivity index (χ0n) is 21.5. The van der Waals surface area contributed by atoms with E-state index < -0.39 is 5.82 Å². The summed E-state index contributed by atoms with van der Waals surface area (Å²) in [5.74, 6) is 0.801. The van der Waals surface area contributed by atoms with E-state index >= 15 is 0 Å². The van der Waals surface area contributed by atoms with Crippen molar-refractivity contribution in [3.05, 3.63) is 75.7 Å². The normalized spacial score (nSPS) is 15.9. The molecule has 2 amide bonds. The molecule has 0 saturated carbocycles. The van der Waals surface area contributed by atoms with Crippen molar-refractivity contribution in [2.24, 2.45) is 5.92 Å². The van der Waals surface area contributed by atoms with E-state index in [9.17, 15) is 14.0 Å². The first-order chi connectivity index (χ1) is 18.4. The van der Waals surface area contributed by atoms with Crippen LogP contribution in [0.25, 0.3) is 0 Å². The summed E-state index contributed by atoms with van der Waals surface area (Å²) in [6.45, 7) is 5.32. The zero-order valence-corrected chi connectivity index (χ0v) is 22.3. The summed E-state index contributed by atoms with van der Waals surface area (Å²) in [4.78, 5) is 31.9. The van der Waals surface area contributed by atoms with Crippen LogP contribution >= 0.6 is 11.3 Å². The van der Waals surface area contributed by atoms with E-state index in [0.29, 0.717) is 36.1 Å². The number of fused-ring (bicyclic) bond motifs is 2. The lowest BCUT2D eigenvalue weighted by Gasteiger charge is -2.37. The predicted octanol–water partition coefficient (Wildman–Crippen LogP) is 5.31. The monoisotopic (exact) mass is 538 g/mol. The van der Waals surface area contributed by atoms with Gasteiger partial charge in [0.25, 0.3) is 5.91 Å². The van der Waals surface area contributed by atoms with Crippen LogP contribution in [0.3, 0.4) is 0 Å². The molecular weight excluding hydrogens is 507 g/mol. The Morgan fingerprint density at radius 1 is 1.16 bits per heavy atom. The summed E-state index contributed by atoms with van der Waals surface area (Å²) in [5.41, 5.74) is 1.46. The molecule has 0 saturated heterocycles. The van der Waals surface area contributed by atoms with Crippen molar-refractivity contribution < 1.29 is 28.2 Å². The fourth-order valence-corrected chi connectivity index (χ4v) is 5.67. The third-order valence-electron chi connectivity index (χ3n) is 6.86. The standard InChI is InChI=1S/C29H31FN2O5S/c1-19(2)9-12-31(29(34)20-7-8-25-26(15-20)37-18-36-25)16-28(33)32-13-10-27-21(11-14-38-27)23(32)17-35-24-6-4-3-5-22(24)30/h3-8,11,14-15,19,23H,9-10,12-13,16-18H2,1-2H3/t23-/m1/s1. The van der Waals surface area contributed by atoms with Gasteiger partial charge in [0.15, 0.2) is 23.1 Å². The first-order valence-corrected chi connectivity index (χ1v) is 13.7. The third kappa shape index (κ3) is 5.62. The van der Waals surface area contributed by atoms with E-state index in [1.54, 1.807) is 57.5 Å². The van der Waals surface area contributed by atoms with Crippen LogP contribution in [0.2, 0.25) is 0 Å². The molecular formula is C29H31FN2O5S. The number of amides is 2. The maximum absolute atomic E-state index is 14.2. The van der Waals surface area contributed by atoms with Crippen molar-refractivity contribution in [2.45, 2.75) is 32.7 Å². The Morgan fingerprint density at radius 3 is 2.79 bits per heavy atom. The van der Waals surface area contributed by atoms with Crippen molar-refractivity contribution in [3.63, 3.8) is 0 Å². The van der Waals surface area contributed by atoms with Gasteiger partial charge in [-0.25, -0.2) is 4.39 Å². The van der Waals surface area contributed by atoms with Crippen LogP contribution < -0.4 is 14.2 Å². The van der Waals surface area contributed by atoms with E-state index in [4.69, 9.17) is 14.2 Å². The molecule has 1 aromatic heterocycles. The zero-order chi connectivity index (χ0) is 26.6. The molecule has 0 unspecified atom stereocenters. The summed E-state index contributed by atoms with van der Waals surface area (Å²) >= 11 is 1.65. The molecule has 3 heterocycles. The number of carbonyl (C=O) groups excluding carboxylic acids is 2. The molecule has 0 spiro atoms. The minimum atomic E-state index is -0.444. The second-order valence-corrected chi connectivity index (χ2v) is 10.9. The first-order valence-electron chi connectivity index (χ1n) is 12.8. The van der Waals surface area contributed by atoms with Gasteiger partial charge in [0.2, 0.25) is 12.7 Å². The lowest BCUT2D eigenvalue weighted by atomic mass is 10.00. The molecule has 9 heteroatoms. The first kappa shape index (κ1) is 26.0. The number of rotatable bonds is 9. The summed E-state index contributed by atoms with van der Waals surface area (Å²) in [6.07, 6.45) is 1.50. The van der Waals surface area contributed by atoms with E-state index in [1.165, 1.54) is 10.9 Å². The highest BCUT2D eigenvalue weighted by Crippen LogP contribution is 2.35. The van der Waals surface area contributed by atoms with E-state index in [0.717, 1.165) is 18.4 Å². The molecule has 0 radical (unpaired) electrons. The predicted molar refractivity (Wildman–Crippen MR) is 142 cm³/mol. The van der Waals surface area contributed by atoms with Crippen molar-refractivity contribution in [3.8, 4) is 17.2 Å². The van der Waals surface area contributed by atoms with Crippen LogP contribution in [0.4, 0.5) is 4.39 Å². The average molecular weight is 539 g/mol. The van der Waals surface area contributed by atoms with E-state index in [-0.39, 0.29) is 43.6 Å². The van der Waals surface area contributed by atoms with Gasteiger partial charge >= 0.3 is 0 Å². The topological polar surface area (TPSA) is 68.3 Å². The van der Waals surface area contributed by atoms with Crippen molar-refractivity contribution in [1.82, 2.24) is 9.80 Å². The Balaban J connectivity index is 1.35. The second kappa shape index (κ2) is 11.4. The highest BCUT2D eigenvalue weighted by Gasteiger charge is 2.34. The van der Waals surface area contributed by atoms with Gasteiger partial charge in [-0.1, -0.05) is 26.0 Å². The van der Waals surface area contributed by atoms with Crippen molar-refractivity contribution in [2.75, 3.05) is 33.0 Å². The lowest BCUT2D eigenvalue weighted by Crippen LogP contribution is -2.48. The van der Waals surface area contributed by atoms with Gasteiger partial charge < -0.3 is 24.0 Å². The average Bonchev–Trinajstić information content (AvgIpc) is 3.59. The molecule has 2 aliphatic heterocycles. The summed E-state index contributed by atoms with van der Waals surface area (Å²) in [6, 6.07) is 13.0. The largest absolute Gasteiger partial charge is 0.488 e. The minimum Gasteiger partial charge on any atom is -0.488 e. The summed E-state index contributed by atoms with van der Waals surface area (Å²) < 4.78 is 30.9. The fraction of sp³-hybridized carbons (Fsp3) is 0.379. The molecule has 0 aliphatic carbocycles. The molecule has 0 fully saturated rings. The number of benzene rings is 2. The number of nitrogens with zero attached hydrogens (tertiary/aromatic N) is 2. The number of para-hydroxylation sites is 1. The molecule has 2 aliphatic rings. The van der Waals surface area contributed by atoms with Crippen LogP contribution in [0.1, 0.15) is 47.1 Å². The maximum atomic E-state index is 14.2. The number of hydrogen-bond acceptors (Lipinski definition) is 6. The Morgan fingerprint density at radius 2 is 1.97 bits per heavy atom. The minimum absolute atomic E-state index is 0.0599. The Kier molecular flexibility index (Phi) is 7.83. The van der Waals surface area contributed by atoms with Gasteiger partial charge in [-0.15, -0.1) is 11.3 Å². The third-order valence-corrected chi connectivity index (χ3v) is 7.85. The lowest BCUT2D eigenvalue weighted by molar-refractivity contribution is -0.135. The molecule has 0 N–H and O–H groups in total. The number of thiophene rings is 1. The van der Waals surface area contributed by atoms with Crippen LogP contribution in [-0.4, -0.2) is 54.6 Å². The highest BCUT2D eigenvalue weighted by molar-refractivity contribution is 7.10. The molecule has 1 atom stereocenters. The Hall–Kier alpha value is -3.59. The number of halogens is 1. The van der Waals surface area contributed by atoms with Gasteiger partial charge in [-0.2, -0.15) is 0 Å². The highest BCUT2D eigenvalue weighted by atomic mass is 32.1. The number of ether oxygens (including phenoxy) is 3. The Bertz CT molecular complexity index is 1310. The molecule has 3 aromatic rings. The number of carbonyl (C=O) groups is 2. The summed E-state index contributed by atoms with van der Waals surface area (Å²) in [5, 5.41) is 2.01. The molecule has 38 heavy (non-hydrogen) atoms. The second-order valence-electron chi connectivity index (χ2n) is 9.87. The Labute approximate surface area is 225 Å². The van der Waals surface area contributed by atoms with E-state index in [1.807, 2.05) is 11.4 Å². The smallest absolute Gasteiger partial charge is 0.254 e. The van der Waals surface area contributed by atoms with Crippen LogP contribution in [-0.2, 0) is 11.2 Å². The quantitative estimate of drug-likeness (QED) is 0.370. The van der Waals surface area contributed by atoms with Gasteiger partial charge in [0.1, 0.15) is 13.2 Å². The summed E-state index contributed by atoms with van der Waals surface area (Å²) in [7, 11) is 0. The SMILES string of the molecule is CC(C)CCN(CC(=O)N1CCc2sccc2[C@H]1COc1ccccc1F)C(=O)c1ccc2c(c1)OCO2. The fourth-order valence-electron chi connectivity index (χ4n) is 4.74. The molecule has 200 valence electrons. The van der Waals surface area contributed by atoms with Gasteiger partial charge in [-0.3, -0.25) is 9.59 Å². The van der Waals surface area contributed by atoms with E-state index in [2.05, 4.69) is 13.8 Å². The van der Waals surface area contributed by atoms with Crippen LogP contribution in [0, 0.1) is 11.7 Å². The van der Waals surface area contributed by atoms with Gasteiger partial charge in [-0.05, 0) is 66.1 Å². The van der Waals surface area contributed by atoms with Crippen molar-refractivity contribution in [1.29, 1.82) is 0 Å². The molecule has 0 bridgehead atoms. The molecule has 7 nitrogen and oxygen atoms in total. The van der Waals surface area contributed by atoms with Gasteiger partial charge in [0, 0.05) is 23.5 Å². The molecule has 5 rings (SSSR count). The van der Waals surface area contributed by atoms with Gasteiger partial charge in [0.05, 0.1) is 6.04 Å². The van der Waals surface area contributed by atoms with Crippen LogP contribution in [0.5, 0.6) is 17.2 Å². The van der Waals surface area contributed by atoms with Crippen molar-refractivity contribution >= 4 is 23.2 Å². The molecule has 2 aromatic carbocycles.